The number of thioether (sulfide) groups is 1. The molecule has 0 saturated heterocycles. The molecule has 1 aromatic heterocycles. The average Bonchev–Trinajstić information content (AvgIpc) is 3.45. The van der Waals surface area contributed by atoms with Crippen molar-refractivity contribution in [2.45, 2.75) is 26.3 Å². The fourth-order valence-electron chi connectivity index (χ4n) is 3.42. The van der Waals surface area contributed by atoms with E-state index >= 15 is 0 Å². The SMILES string of the molecule is COCC[n+]1cc(/N=C(/[O-])CSC2=N/C(=C/c3ccc(C(C)C)cc3)C(=O)N2c2ccccc2)on1. The molecule has 3 aromatic rings. The molecule has 36 heavy (non-hydrogen) atoms. The number of nitrogens with zero attached hydrogens (tertiary/aromatic N) is 5. The minimum atomic E-state index is -0.431. The minimum Gasteiger partial charge on any atom is -0.861 e. The molecule has 0 aliphatic carbocycles. The Bertz CT molecular complexity index is 1280. The van der Waals surface area contributed by atoms with Gasteiger partial charge in [-0.05, 0) is 45.8 Å². The number of rotatable bonds is 9. The summed E-state index contributed by atoms with van der Waals surface area (Å²) in [7, 11) is 1.59. The number of amidine groups is 1. The van der Waals surface area contributed by atoms with E-state index < -0.39 is 5.90 Å². The molecular formula is C26H27N5O4S. The Balaban J connectivity index is 1.54. The van der Waals surface area contributed by atoms with Gasteiger partial charge in [-0.1, -0.05) is 68.1 Å². The summed E-state index contributed by atoms with van der Waals surface area (Å²) in [6.07, 6.45) is 3.29. The highest BCUT2D eigenvalue weighted by Gasteiger charge is 2.31. The fourth-order valence-corrected chi connectivity index (χ4v) is 4.22. The summed E-state index contributed by atoms with van der Waals surface area (Å²) in [6, 6.07) is 17.3. The van der Waals surface area contributed by atoms with Crippen LogP contribution in [-0.2, 0) is 16.1 Å². The van der Waals surface area contributed by atoms with Gasteiger partial charge in [-0.15, -0.1) is 0 Å². The van der Waals surface area contributed by atoms with Gasteiger partial charge in [0.05, 0.1) is 5.69 Å². The summed E-state index contributed by atoms with van der Waals surface area (Å²) in [5.41, 5.74) is 3.08. The molecule has 2 aromatic carbocycles. The second-order valence-corrected chi connectivity index (χ2v) is 9.25. The first-order valence-corrected chi connectivity index (χ1v) is 12.5. The Kier molecular flexibility index (Phi) is 8.29. The lowest BCUT2D eigenvalue weighted by molar-refractivity contribution is -0.763. The van der Waals surface area contributed by atoms with Crippen LogP contribution in [0, 0.1) is 0 Å². The number of amides is 1. The number of hydrogen-bond acceptors (Lipinski definition) is 8. The zero-order valence-corrected chi connectivity index (χ0v) is 21.1. The molecule has 4 rings (SSSR count). The fraction of sp³-hybridized carbons (Fsp3) is 0.269. The van der Waals surface area contributed by atoms with E-state index in [4.69, 9.17) is 9.26 Å². The van der Waals surface area contributed by atoms with Crippen LogP contribution in [0.4, 0.5) is 11.6 Å². The lowest BCUT2D eigenvalue weighted by atomic mass is 10.0. The standard InChI is InChI=1S/C26H27N5O4S/c1-18(2)20-11-9-19(10-12-20)15-22-25(33)31(21-7-5-4-6-8-21)26(27-22)36-17-23(32)28-24-16-30(29-35-24)13-14-34-3/h4-12,15-16,18H,13-14,17H2,1-3H3/b22-15+. The van der Waals surface area contributed by atoms with E-state index in [0.717, 1.165) is 17.3 Å². The molecule has 1 aliphatic rings. The summed E-state index contributed by atoms with van der Waals surface area (Å²) in [4.78, 5) is 23.3. The predicted molar refractivity (Wildman–Crippen MR) is 138 cm³/mol. The number of aromatic nitrogens is 2. The van der Waals surface area contributed by atoms with Crippen LogP contribution in [0.1, 0.15) is 30.9 Å². The van der Waals surface area contributed by atoms with Crippen LogP contribution in [0.25, 0.3) is 6.08 Å². The number of aliphatic imine (C=N–C) groups is 2. The maximum absolute atomic E-state index is 13.3. The Morgan fingerprint density at radius 1 is 1.22 bits per heavy atom. The molecule has 0 unspecified atom stereocenters. The molecule has 0 N–H and O–H groups in total. The van der Waals surface area contributed by atoms with Crippen LogP contribution in [0.2, 0.25) is 0 Å². The lowest BCUT2D eigenvalue weighted by Gasteiger charge is -2.18. The number of methoxy groups -OCH3 is 1. The average molecular weight is 506 g/mol. The van der Waals surface area contributed by atoms with Gasteiger partial charge < -0.3 is 9.84 Å². The normalized spacial score (nSPS) is 15.3. The van der Waals surface area contributed by atoms with Crippen LogP contribution in [0.5, 0.6) is 0 Å². The summed E-state index contributed by atoms with van der Waals surface area (Å²) >= 11 is 1.14. The molecule has 1 amide bonds. The third kappa shape index (κ3) is 6.27. The monoisotopic (exact) mass is 505 g/mol. The number of carbonyl (C=O) groups excluding carboxylic acids is 1. The van der Waals surface area contributed by atoms with Crippen molar-refractivity contribution in [2.75, 3.05) is 24.4 Å². The largest absolute Gasteiger partial charge is 0.861 e. The third-order valence-electron chi connectivity index (χ3n) is 5.33. The lowest BCUT2D eigenvalue weighted by Crippen LogP contribution is -2.36. The molecule has 10 heteroatoms. The van der Waals surface area contributed by atoms with Crippen molar-refractivity contribution in [2.24, 2.45) is 9.98 Å². The molecule has 0 radical (unpaired) electrons. The topological polar surface area (TPSA) is 107 Å². The van der Waals surface area contributed by atoms with E-state index in [-0.39, 0.29) is 17.5 Å². The van der Waals surface area contributed by atoms with Gasteiger partial charge in [0.2, 0.25) is 11.8 Å². The van der Waals surface area contributed by atoms with Gasteiger partial charge in [-0.2, -0.15) is 0 Å². The van der Waals surface area contributed by atoms with Crippen molar-refractivity contribution in [3.05, 3.63) is 77.6 Å². The summed E-state index contributed by atoms with van der Waals surface area (Å²) in [5.74, 6) is -0.184. The summed E-state index contributed by atoms with van der Waals surface area (Å²) in [5, 5.41) is 16.7. The van der Waals surface area contributed by atoms with Gasteiger partial charge in [0, 0.05) is 12.9 Å². The first-order chi connectivity index (χ1) is 17.4. The van der Waals surface area contributed by atoms with Crippen LogP contribution >= 0.6 is 11.8 Å². The molecule has 1 aliphatic heterocycles. The molecule has 9 nitrogen and oxygen atoms in total. The van der Waals surface area contributed by atoms with E-state index in [1.807, 2.05) is 54.6 Å². The van der Waals surface area contributed by atoms with Gasteiger partial charge in [0.25, 0.3) is 12.1 Å². The van der Waals surface area contributed by atoms with Gasteiger partial charge >= 0.3 is 5.88 Å². The van der Waals surface area contributed by atoms with Gasteiger partial charge in [0.15, 0.2) is 5.17 Å². The van der Waals surface area contributed by atoms with Crippen molar-refractivity contribution in [1.82, 2.24) is 5.27 Å². The number of carbonyl (C=O) groups is 1. The maximum atomic E-state index is 13.3. The maximum Gasteiger partial charge on any atom is 0.320 e. The minimum absolute atomic E-state index is 0.0232. The van der Waals surface area contributed by atoms with E-state index in [0.29, 0.717) is 35.6 Å². The summed E-state index contributed by atoms with van der Waals surface area (Å²) < 4.78 is 11.6. The number of benzene rings is 2. The number of anilines is 1. The zero-order chi connectivity index (χ0) is 25.5. The van der Waals surface area contributed by atoms with Crippen molar-refractivity contribution < 1.29 is 23.8 Å². The van der Waals surface area contributed by atoms with Crippen molar-refractivity contribution in [3.8, 4) is 0 Å². The molecule has 0 saturated carbocycles. The van der Waals surface area contributed by atoms with Crippen molar-refractivity contribution in [3.63, 3.8) is 0 Å². The van der Waals surface area contributed by atoms with Gasteiger partial charge in [0.1, 0.15) is 12.3 Å². The van der Waals surface area contributed by atoms with Crippen molar-refractivity contribution >= 4 is 46.4 Å². The molecule has 186 valence electrons. The Hall–Kier alpha value is -3.76. The van der Waals surface area contributed by atoms with E-state index in [9.17, 15) is 9.90 Å². The van der Waals surface area contributed by atoms with Gasteiger partial charge in [-0.25, -0.2) is 9.98 Å². The number of hydrogen-bond donors (Lipinski definition) is 0. The third-order valence-corrected chi connectivity index (χ3v) is 6.26. The molecule has 0 bridgehead atoms. The molecule has 0 atom stereocenters. The predicted octanol–water partition coefficient (Wildman–Crippen LogP) is 3.30. The second-order valence-electron chi connectivity index (χ2n) is 8.31. The quantitative estimate of drug-likeness (QED) is 0.191. The van der Waals surface area contributed by atoms with Crippen LogP contribution in [-0.4, -0.2) is 41.7 Å². The van der Waals surface area contributed by atoms with Crippen LogP contribution in [0.15, 0.2) is 81.0 Å². The molecule has 0 fully saturated rings. The molecular weight excluding hydrogens is 478 g/mol. The molecule has 0 spiro atoms. The molecule has 2 heterocycles. The summed E-state index contributed by atoms with van der Waals surface area (Å²) in [6.45, 7) is 5.21. The first-order valence-electron chi connectivity index (χ1n) is 11.5. The zero-order valence-electron chi connectivity index (χ0n) is 20.3. The highest BCUT2D eigenvalue weighted by atomic mass is 32.2. The highest BCUT2D eigenvalue weighted by Crippen LogP contribution is 2.29. The van der Waals surface area contributed by atoms with E-state index in [1.165, 1.54) is 21.3 Å². The van der Waals surface area contributed by atoms with E-state index in [2.05, 4.69) is 29.1 Å². The number of para-hydroxylation sites is 1. The smallest absolute Gasteiger partial charge is 0.320 e. The van der Waals surface area contributed by atoms with Crippen LogP contribution < -0.4 is 14.7 Å². The Labute approximate surface area is 213 Å². The van der Waals surface area contributed by atoms with Gasteiger partial charge in [-0.3, -0.25) is 14.2 Å². The first kappa shape index (κ1) is 25.3. The Morgan fingerprint density at radius 2 is 1.97 bits per heavy atom. The van der Waals surface area contributed by atoms with Crippen molar-refractivity contribution in [1.29, 1.82) is 0 Å². The number of ether oxygens (including phenoxy) is 1. The van der Waals surface area contributed by atoms with Crippen LogP contribution in [0.3, 0.4) is 0 Å². The Morgan fingerprint density at radius 3 is 2.67 bits per heavy atom. The second kappa shape index (κ2) is 11.8. The van der Waals surface area contributed by atoms with E-state index in [1.54, 1.807) is 13.2 Å². The highest BCUT2D eigenvalue weighted by molar-refractivity contribution is 8.14.